The fourth-order valence-corrected chi connectivity index (χ4v) is 4.66. The standard InChI is InChI=1S/C26H23N5O2/c32-25(24-23(20-10-5-2-6-11-20)27-26-31(24)16-17-33-26)30-14-7-12-21(30)18-29-15-13-22(28-29)19-8-3-1-4-9-19/h1-6,8-11,13,15-17,21H,7,12,14,18H2/t21-/m0/s1. The Morgan fingerprint density at radius 2 is 1.73 bits per heavy atom. The van der Waals surface area contributed by atoms with Crippen molar-refractivity contribution in [2.75, 3.05) is 6.54 Å². The minimum Gasteiger partial charge on any atom is -0.432 e. The van der Waals surface area contributed by atoms with Gasteiger partial charge < -0.3 is 9.32 Å². The summed E-state index contributed by atoms with van der Waals surface area (Å²) in [5.41, 5.74) is 4.12. The summed E-state index contributed by atoms with van der Waals surface area (Å²) in [6.07, 6.45) is 7.22. The highest BCUT2D eigenvalue weighted by Gasteiger charge is 2.34. The molecule has 164 valence electrons. The number of rotatable bonds is 5. The molecule has 0 bridgehead atoms. The van der Waals surface area contributed by atoms with Crippen LogP contribution in [-0.4, -0.2) is 42.6 Å². The maximum absolute atomic E-state index is 13.8. The quantitative estimate of drug-likeness (QED) is 0.397. The molecule has 0 spiro atoms. The van der Waals surface area contributed by atoms with Crippen LogP contribution in [0.15, 0.2) is 89.8 Å². The summed E-state index contributed by atoms with van der Waals surface area (Å²) in [6, 6.07) is 22.0. The van der Waals surface area contributed by atoms with Crippen LogP contribution in [0.1, 0.15) is 23.3 Å². The normalized spacial score (nSPS) is 16.0. The molecule has 0 saturated carbocycles. The van der Waals surface area contributed by atoms with Crippen LogP contribution in [0.3, 0.4) is 0 Å². The van der Waals surface area contributed by atoms with E-state index in [1.807, 2.05) is 70.4 Å². The Kier molecular flexibility index (Phi) is 4.79. The third-order valence-corrected chi connectivity index (χ3v) is 6.26. The summed E-state index contributed by atoms with van der Waals surface area (Å²) >= 11 is 0. The van der Waals surface area contributed by atoms with E-state index in [1.54, 1.807) is 16.9 Å². The number of carbonyl (C=O) groups is 1. The fourth-order valence-electron chi connectivity index (χ4n) is 4.66. The van der Waals surface area contributed by atoms with Crippen molar-refractivity contribution in [3.05, 3.63) is 91.1 Å². The number of carbonyl (C=O) groups excluding carboxylic acids is 1. The first-order valence-electron chi connectivity index (χ1n) is 11.2. The van der Waals surface area contributed by atoms with Crippen LogP contribution in [0.5, 0.6) is 0 Å². The van der Waals surface area contributed by atoms with Crippen molar-refractivity contribution in [1.29, 1.82) is 0 Å². The predicted molar refractivity (Wildman–Crippen MR) is 125 cm³/mol. The summed E-state index contributed by atoms with van der Waals surface area (Å²) in [6.45, 7) is 1.38. The number of likely N-dealkylation sites (tertiary alicyclic amines) is 1. The zero-order valence-electron chi connectivity index (χ0n) is 18.0. The van der Waals surface area contributed by atoms with Crippen LogP contribution in [0.4, 0.5) is 0 Å². The molecule has 2 aromatic carbocycles. The Hall–Kier alpha value is -4.13. The highest BCUT2D eigenvalue weighted by atomic mass is 16.3. The number of hydrogen-bond acceptors (Lipinski definition) is 4. The van der Waals surface area contributed by atoms with Gasteiger partial charge in [-0.05, 0) is 18.9 Å². The number of nitrogens with zero attached hydrogens (tertiary/aromatic N) is 5. The van der Waals surface area contributed by atoms with Crippen LogP contribution in [0, 0.1) is 0 Å². The number of oxazole rings is 1. The molecule has 1 aliphatic rings. The Labute approximate surface area is 190 Å². The van der Waals surface area contributed by atoms with Crippen molar-refractivity contribution in [2.45, 2.75) is 25.4 Å². The van der Waals surface area contributed by atoms with Gasteiger partial charge in [0.1, 0.15) is 17.7 Å². The van der Waals surface area contributed by atoms with E-state index in [0.717, 1.165) is 36.2 Å². The first kappa shape index (κ1) is 19.5. The van der Waals surface area contributed by atoms with Gasteiger partial charge in [-0.2, -0.15) is 10.1 Å². The number of amides is 1. The van der Waals surface area contributed by atoms with Gasteiger partial charge >= 0.3 is 5.84 Å². The molecule has 0 aliphatic carbocycles. The second kappa shape index (κ2) is 8.09. The topological polar surface area (TPSA) is 68.6 Å². The van der Waals surface area contributed by atoms with E-state index >= 15 is 0 Å². The molecule has 0 N–H and O–H groups in total. The average Bonchev–Trinajstić information content (AvgIpc) is 3.64. The number of aromatic nitrogens is 4. The Bertz CT molecular complexity index is 1400. The fraction of sp³-hybridized carbons (Fsp3) is 0.192. The molecule has 6 rings (SSSR count). The van der Waals surface area contributed by atoms with Gasteiger partial charge in [-0.1, -0.05) is 60.7 Å². The second-order valence-corrected chi connectivity index (χ2v) is 8.31. The minimum atomic E-state index is -0.0271. The molecule has 0 radical (unpaired) electrons. The van der Waals surface area contributed by atoms with Gasteiger partial charge in [0.25, 0.3) is 5.91 Å². The molecule has 1 amide bonds. The molecular formula is C26H23N5O2. The van der Waals surface area contributed by atoms with E-state index in [-0.39, 0.29) is 11.9 Å². The van der Waals surface area contributed by atoms with Gasteiger partial charge in [0.2, 0.25) is 0 Å². The molecule has 1 atom stereocenters. The van der Waals surface area contributed by atoms with Gasteiger partial charge in [0.15, 0.2) is 0 Å². The van der Waals surface area contributed by atoms with E-state index in [0.29, 0.717) is 23.8 Å². The number of hydrogen-bond donors (Lipinski definition) is 0. The first-order chi connectivity index (χ1) is 16.3. The van der Waals surface area contributed by atoms with E-state index < -0.39 is 0 Å². The van der Waals surface area contributed by atoms with E-state index in [2.05, 4.69) is 17.1 Å². The summed E-state index contributed by atoms with van der Waals surface area (Å²) < 4.78 is 9.20. The lowest BCUT2D eigenvalue weighted by molar-refractivity contribution is 0.0715. The van der Waals surface area contributed by atoms with Crippen LogP contribution < -0.4 is 0 Å². The van der Waals surface area contributed by atoms with Crippen molar-refractivity contribution in [2.24, 2.45) is 0 Å². The lowest BCUT2D eigenvalue weighted by Gasteiger charge is -2.25. The van der Waals surface area contributed by atoms with Gasteiger partial charge in [-0.25, -0.2) is 0 Å². The van der Waals surface area contributed by atoms with E-state index in [9.17, 15) is 4.79 Å². The highest BCUT2D eigenvalue weighted by Crippen LogP contribution is 2.29. The predicted octanol–water partition coefficient (Wildman–Crippen LogP) is 4.76. The Morgan fingerprint density at radius 1 is 0.970 bits per heavy atom. The maximum Gasteiger partial charge on any atom is 0.306 e. The molecule has 7 heteroatoms. The van der Waals surface area contributed by atoms with Crippen molar-refractivity contribution >= 4 is 11.8 Å². The Morgan fingerprint density at radius 3 is 2.52 bits per heavy atom. The minimum absolute atomic E-state index is 0.0271. The molecule has 1 saturated heterocycles. The van der Waals surface area contributed by atoms with Crippen molar-refractivity contribution in [1.82, 2.24) is 24.1 Å². The Balaban J connectivity index is 1.30. The van der Waals surface area contributed by atoms with E-state index in [4.69, 9.17) is 9.52 Å². The number of fused-ring (bicyclic) bond motifs is 1. The van der Waals surface area contributed by atoms with Crippen LogP contribution in [0.25, 0.3) is 28.4 Å². The molecule has 1 aliphatic heterocycles. The summed E-state index contributed by atoms with van der Waals surface area (Å²) in [5.74, 6) is 0.397. The molecule has 0 unspecified atom stereocenters. The van der Waals surface area contributed by atoms with Crippen LogP contribution in [-0.2, 0) is 6.54 Å². The molecule has 7 nitrogen and oxygen atoms in total. The average molecular weight is 438 g/mol. The van der Waals surface area contributed by atoms with Gasteiger partial charge in [0.05, 0.1) is 18.3 Å². The lowest BCUT2D eigenvalue weighted by Crippen LogP contribution is -2.39. The van der Waals surface area contributed by atoms with Crippen molar-refractivity contribution in [3.8, 4) is 22.5 Å². The monoisotopic (exact) mass is 437 g/mol. The molecule has 5 aromatic rings. The van der Waals surface area contributed by atoms with E-state index in [1.165, 1.54) is 0 Å². The van der Waals surface area contributed by atoms with Gasteiger partial charge in [-0.15, -0.1) is 0 Å². The second-order valence-electron chi connectivity index (χ2n) is 8.31. The molecule has 4 heterocycles. The van der Waals surface area contributed by atoms with Crippen LogP contribution in [0.2, 0.25) is 0 Å². The lowest BCUT2D eigenvalue weighted by atomic mass is 10.1. The van der Waals surface area contributed by atoms with Gasteiger partial charge in [-0.3, -0.25) is 13.9 Å². The third-order valence-electron chi connectivity index (χ3n) is 6.26. The zero-order valence-corrected chi connectivity index (χ0v) is 18.0. The smallest absolute Gasteiger partial charge is 0.306 e. The summed E-state index contributed by atoms with van der Waals surface area (Å²) in [4.78, 5) is 20.4. The summed E-state index contributed by atoms with van der Waals surface area (Å²) in [7, 11) is 0. The zero-order chi connectivity index (χ0) is 22.2. The third kappa shape index (κ3) is 3.51. The number of imidazole rings is 1. The SMILES string of the molecule is O=C(c1c(-c2ccccc2)nc2occn12)N1CCC[C@H]1Cn1ccc(-c2ccccc2)n1. The molecule has 33 heavy (non-hydrogen) atoms. The molecule has 3 aromatic heterocycles. The van der Waals surface area contributed by atoms with Crippen LogP contribution >= 0.6 is 0 Å². The molecule has 1 fully saturated rings. The first-order valence-corrected chi connectivity index (χ1v) is 11.2. The molecular weight excluding hydrogens is 414 g/mol. The van der Waals surface area contributed by atoms with Crippen molar-refractivity contribution < 1.29 is 9.21 Å². The summed E-state index contributed by atoms with van der Waals surface area (Å²) in [5, 5.41) is 4.75. The maximum atomic E-state index is 13.8. The van der Waals surface area contributed by atoms with Crippen molar-refractivity contribution in [3.63, 3.8) is 0 Å². The highest BCUT2D eigenvalue weighted by molar-refractivity contribution is 5.99. The number of benzene rings is 2. The van der Waals surface area contributed by atoms with Gasteiger partial charge in [0, 0.05) is 30.1 Å². The largest absolute Gasteiger partial charge is 0.432 e.